The monoisotopic (exact) mass is 336 g/mol. The molecule has 0 spiro atoms. The molecule has 6 nitrogen and oxygen atoms in total. The van der Waals surface area contributed by atoms with Gasteiger partial charge in [-0.15, -0.1) is 11.3 Å². The third-order valence-electron chi connectivity index (χ3n) is 4.35. The van der Waals surface area contributed by atoms with Gasteiger partial charge in [0.2, 0.25) is 0 Å². The Morgan fingerprint density at radius 2 is 2.22 bits per heavy atom. The largest absolute Gasteiger partial charge is 0.466 e. The van der Waals surface area contributed by atoms with Gasteiger partial charge in [-0.25, -0.2) is 0 Å². The number of carbonyl (C=O) groups is 1. The van der Waals surface area contributed by atoms with Crippen molar-refractivity contribution in [2.24, 2.45) is 5.92 Å². The zero-order valence-corrected chi connectivity index (χ0v) is 14.1. The summed E-state index contributed by atoms with van der Waals surface area (Å²) in [5, 5.41) is 16.3. The maximum absolute atomic E-state index is 12.5. The van der Waals surface area contributed by atoms with Gasteiger partial charge >= 0.3 is 5.97 Å². The number of ether oxygens (including phenoxy) is 1. The van der Waals surface area contributed by atoms with Crippen LogP contribution in [0, 0.1) is 12.8 Å². The van der Waals surface area contributed by atoms with E-state index in [1.807, 2.05) is 19.1 Å². The molecule has 2 aromatic rings. The van der Waals surface area contributed by atoms with Gasteiger partial charge < -0.3 is 14.9 Å². The summed E-state index contributed by atoms with van der Waals surface area (Å²) in [6.45, 7) is 5.55. The van der Waals surface area contributed by atoms with Crippen molar-refractivity contribution in [1.82, 2.24) is 10.2 Å². The highest BCUT2D eigenvalue weighted by Crippen LogP contribution is 2.46. The van der Waals surface area contributed by atoms with Crippen LogP contribution >= 0.6 is 11.3 Å². The Morgan fingerprint density at radius 1 is 1.48 bits per heavy atom. The second-order valence-corrected chi connectivity index (χ2v) is 7.48. The SMILES string of the molecule is CCOC(=O)[C@H]1[C@H](c2ccc(C)s2)c2c([nH][nH]c2=O)C[C@]1(C)O. The van der Waals surface area contributed by atoms with E-state index < -0.39 is 23.4 Å². The van der Waals surface area contributed by atoms with Crippen molar-refractivity contribution in [3.8, 4) is 0 Å². The Kier molecular flexibility index (Phi) is 3.93. The molecule has 2 aromatic heterocycles. The van der Waals surface area contributed by atoms with Crippen LogP contribution in [-0.2, 0) is 16.0 Å². The number of aryl methyl sites for hydroxylation is 1. The molecular weight excluding hydrogens is 316 g/mol. The number of aromatic amines is 2. The highest BCUT2D eigenvalue weighted by atomic mass is 32.1. The van der Waals surface area contributed by atoms with Crippen molar-refractivity contribution in [1.29, 1.82) is 0 Å². The molecule has 0 aliphatic heterocycles. The van der Waals surface area contributed by atoms with E-state index >= 15 is 0 Å². The van der Waals surface area contributed by atoms with Gasteiger partial charge in [-0.2, -0.15) is 0 Å². The van der Waals surface area contributed by atoms with Crippen molar-refractivity contribution in [3.63, 3.8) is 0 Å². The molecule has 0 saturated heterocycles. The number of carbonyl (C=O) groups excluding carboxylic acids is 1. The van der Waals surface area contributed by atoms with Crippen LogP contribution in [0.2, 0.25) is 0 Å². The lowest BCUT2D eigenvalue weighted by molar-refractivity contribution is -0.159. The van der Waals surface area contributed by atoms with Crippen LogP contribution in [0.3, 0.4) is 0 Å². The molecule has 3 atom stereocenters. The molecule has 23 heavy (non-hydrogen) atoms. The van der Waals surface area contributed by atoms with Crippen LogP contribution < -0.4 is 5.56 Å². The quantitative estimate of drug-likeness (QED) is 0.743. The third kappa shape index (κ3) is 2.64. The summed E-state index contributed by atoms with van der Waals surface area (Å²) in [6, 6.07) is 3.86. The van der Waals surface area contributed by atoms with Crippen LogP contribution in [0.25, 0.3) is 0 Å². The molecule has 7 heteroatoms. The Balaban J connectivity index is 2.20. The zero-order chi connectivity index (χ0) is 16.8. The van der Waals surface area contributed by atoms with E-state index in [1.54, 1.807) is 13.8 Å². The minimum atomic E-state index is -1.30. The maximum atomic E-state index is 12.5. The first kappa shape index (κ1) is 16.0. The normalized spacial score (nSPS) is 26.8. The Labute approximate surface area is 137 Å². The highest BCUT2D eigenvalue weighted by Gasteiger charge is 2.51. The number of rotatable bonds is 3. The molecule has 0 saturated carbocycles. The van der Waals surface area contributed by atoms with E-state index in [4.69, 9.17) is 4.74 Å². The van der Waals surface area contributed by atoms with Crippen LogP contribution in [0.1, 0.15) is 40.8 Å². The van der Waals surface area contributed by atoms with Crippen LogP contribution in [0.15, 0.2) is 16.9 Å². The molecule has 0 aromatic carbocycles. The van der Waals surface area contributed by atoms with Crippen LogP contribution in [-0.4, -0.2) is 33.5 Å². The molecule has 2 heterocycles. The number of thiophene rings is 1. The fraction of sp³-hybridized carbons (Fsp3) is 0.500. The first-order chi connectivity index (χ1) is 10.8. The zero-order valence-electron chi connectivity index (χ0n) is 13.3. The lowest BCUT2D eigenvalue weighted by Gasteiger charge is -2.39. The summed E-state index contributed by atoms with van der Waals surface area (Å²) in [7, 11) is 0. The Bertz CT molecular complexity index is 786. The number of aliphatic hydroxyl groups is 1. The van der Waals surface area contributed by atoms with Crippen molar-refractivity contribution in [3.05, 3.63) is 43.5 Å². The lowest BCUT2D eigenvalue weighted by Crippen LogP contribution is -2.49. The van der Waals surface area contributed by atoms with Gasteiger partial charge in [0.1, 0.15) is 0 Å². The highest BCUT2D eigenvalue weighted by molar-refractivity contribution is 7.12. The summed E-state index contributed by atoms with van der Waals surface area (Å²) >= 11 is 1.52. The summed E-state index contributed by atoms with van der Waals surface area (Å²) in [5.41, 5.74) is -0.374. The first-order valence-corrected chi connectivity index (χ1v) is 8.41. The Hall–Kier alpha value is -1.86. The predicted octanol–water partition coefficient (Wildman–Crippen LogP) is 1.69. The van der Waals surface area contributed by atoms with E-state index in [1.165, 1.54) is 11.3 Å². The molecule has 3 N–H and O–H groups in total. The molecule has 1 aliphatic carbocycles. The Morgan fingerprint density at radius 3 is 2.83 bits per heavy atom. The molecule has 124 valence electrons. The maximum Gasteiger partial charge on any atom is 0.312 e. The van der Waals surface area contributed by atoms with E-state index in [-0.39, 0.29) is 18.6 Å². The summed E-state index contributed by atoms with van der Waals surface area (Å²) in [6.07, 6.45) is 0.200. The molecule has 0 bridgehead atoms. The van der Waals surface area contributed by atoms with E-state index in [0.29, 0.717) is 11.3 Å². The number of nitrogens with one attached hydrogen (secondary N) is 2. The topological polar surface area (TPSA) is 95.2 Å². The summed E-state index contributed by atoms with van der Waals surface area (Å²) in [5.74, 6) is -1.80. The molecule has 0 unspecified atom stereocenters. The number of fused-ring (bicyclic) bond motifs is 1. The average molecular weight is 336 g/mol. The predicted molar refractivity (Wildman–Crippen MR) is 86.8 cm³/mol. The van der Waals surface area contributed by atoms with E-state index in [0.717, 1.165) is 9.75 Å². The molecule has 0 radical (unpaired) electrons. The van der Waals surface area contributed by atoms with Crippen LogP contribution in [0.4, 0.5) is 0 Å². The second kappa shape index (κ2) is 5.65. The van der Waals surface area contributed by atoms with Crippen molar-refractivity contribution in [2.45, 2.75) is 38.7 Å². The molecular formula is C16H20N2O4S. The third-order valence-corrected chi connectivity index (χ3v) is 5.44. The molecule has 3 rings (SSSR count). The summed E-state index contributed by atoms with van der Waals surface area (Å²) in [4.78, 5) is 26.8. The van der Waals surface area contributed by atoms with E-state index in [9.17, 15) is 14.7 Å². The summed E-state index contributed by atoms with van der Waals surface area (Å²) < 4.78 is 5.19. The van der Waals surface area contributed by atoms with Gasteiger partial charge in [0.05, 0.1) is 18.1 Å². The number of hydrogen-bond acceptors (Lipinski definition) is 5. The number of hydrogen-bond donors (Lipinski definition) is 3. The minimum Gasteiger partial charge on any atom is -0.466 e. The minimum absolute atomic E-state index is 0.200. The van der Waals surface area contributed by atoms with Crippen molar-refractivity contribution in [2.75, 3.05) is 6.61 Å². The van der Waals surface area contributed by atoms with Gasteiger partial charge in [0.15, 0.2) is 0 Å². The molecule has 0 amide bonds. The fourth-order valence-electron chi connectivity index (χ4n) is 3.41. The van der Waals surface area contributed by atoms with Crippen LogP contribution in [0.5, 0.6) is 0 Å². The van der Waals surface area contributed by atoms with Crippen molar-refractivity contribution >= 4 is 17.3 Å². The fourth-order valence-corrected chi connectivity index (χ4v) is 4.44. The lowest BCUT2D eigenvalue weighted by atomic mass is 9.68. The number of aromatic nitrogens is 2. The smallest absolute Gasteiger partial charge is 0.312 e. The standard InChI is InChI=1S/C16H20N2O4S/c1-4-22-15(20)13-12(10-6-5-8(2)23-10)11-9(7-16(13,3)21)17-18-14(11)19/h5-6,12-13,21H,4,7H2,1-3H3,(H2,17,18,19)/t12-,13-,16+/m1/s1. The molecule has 0 fully saturated rings. The van der Waals surface area contributed by atoms with Gasteiger partial charge in [-0.3, -0.25) is 14.7 Å². The van der Waals surface area contributed by atoms with Crippen molar-refractivity contribution < 1.29 is 14.6 Å². The average Bonchev–Trinajstić information content (AvgIpc) is 3.03. The van der Waals surface area contributed by atoms with Gasteiger partial charge in [-0.1, -0.05) is 0 Å². The number of esters is 1. The van der Waals surface area contributed by atoms with Gasteiger partial charge in [0, 0.05) is 33.4 Å². The van der Waals surface area contributed by atoms with E-state index in [2.05, 4.69) is 10.2 Å². The van der Waals surface area contributed by atoms with Gasteiger partial charge in [-0.05, 0) is 32.9 Å². The second-order valence-electron chi connectivity index (χ2n) is 6.16. The molecule has 1 aliphatic rings. The van der Waals surface area contributed by atoms with Gasteiger partial charge in [0.25, 0.3) is 5.56 Å². The first-order valence-electron chi connectivity index (χ1n) is 7.60. The number of H-pyrrole nitrogens is 2.